The minimum Gasteiger partial charge on any atom is -0.456 e. The summed E-state index contributed by atoms with van der Waals surface area (Å²) in [5, 5.41) is 4.15. The van der Waals surface area contributed by atoms with Gasteiger partial charge in [-0.05, 0) is 114 Å². The molecule has 304 valence electrons. The lowest BCUT2D eigenvalue weighted by atomic mass is 9.94. The molecule has 5 heteroatoms. The summed E-state index contributed by atoms with van der Waals surface area (Å²) in [6, 6.07) is 78.0. The van der Waals surface area contributed by atoms with E-state index < -0.39 is 0 Å². The lowest BCUT2D eigenvalue weighted by Crippen LogP contribution is -2.10. The van der Waals surface area contributed by atoms with Crippen LogP contribution in [0.1, 0.15) is 5.56 Å². The predicted octanol–water partition coefficient (Wildman–Crippen LogP) is 17.2. The highest BCUT2D eigenvalue weighted by molar-refractivity contribution is 6.10. The fraction of sp³-hybridized carbons (Fsp3) is 0.0169. The van der Waals surface area contributed by atoms with Crippen LogP contribution in [0.25, 0.3) is 55.0 Å². The van der Waals surface area contributed by atoms with Crippen molar-refractivity contribution in [1.29, 1.82) is 0 Å². The molecule has 1 aromatic heterocycles. The number of rotatable bonds is 9. The molecule has 11 aromatic rings. The summed E-state index contributed by atoms with van der Waals surface area (Å²) >= 11 is 0. The third-order valence-corrected chi connectivity index (χ3v) is 12.2. The third kappa shape index (κ3) is 6.41. The van der Waals surface area contributed by atoms with E-state index in [1.54, 1.807) is 0 Å². The first-order valence-corrected chi connectivity index (χ1v) is 21.6. The van der Waals surface area contributed by atoms with Crippen LogP contribution in [0.4, 0.5) is 34.1 Å². The van der Waals surface area contributed by atoms with E-state index in [1.807, 2.05) is 42.5 Å². The van der Waals surface area contributed by atoms with Crippen molar-refractivity contribution < 1.29 is 13.9 Å². The van der Waals surface area contributed by atoms with Gasteiger partial charge in [-0.15, -0.1) is 0 Å². The Morgan fingerprint density at radius 3 is 1.77 bits per heavy atom. The number of anilines is 6. The highest BCUT2D eigenvalue weighted by atomic mass is 16.5. The highest BCUT2D eigenvalue weighted by Crippen LogP contribution is 2.51. The average Bonchev–Trinajstić information content (AvgIpc) is 3.74. The van der Waals surface area contributed by atoms with Crippen LogP contribution in [0.5, 0.6) is 23.0 Å². The van der Waals surface area contributed by atoms with Gasteiger partial charge in [-0.2, -0.15) is 0 Å². The van der Waals surface area contributed by atoms with E-state index in [2.05, 4.69) is 199 Å². The van der Waals surface area contributed by atoms with Crippen molar-refractivity contribution in [1.82, 2.24) is 0 Å². The first kappa shape index (κ1) is 37.2. The molecule has 0 N–H and O–H groups in total. The lowest BCUT2D eigenvalue weighted by molar-refractivity contribution is 0.479. The van der Waals surface area contributed by atoms with E-state index in [0.717, 1.165) is 112 Å². The number of hydrogen-bond donors (Lipinski definition) is 0. The van der Waals surface area contributed by atoms with Crippen molar-refractivity contribution in [3.05, 3.63) is 230 Å². The number of furan rings is 1. The van der Waals surface area contributed by atoms with E-state index >= 15 is 0 Å². The van der Waals surface area contributed by atoms with Crippen molar-refractivity contribution in [3.63, 3.8) is 0 Å². The van der Waals surface area contributed by atoms with E-state index in [1.165, 1.54) is 5.56 Å². The number of fused-ring (bicyclic) bond motifs is 5. The van der Waals surface area contributed by atoms with Crippen LogP contribution < -0.4 is 19.3 Å². The second-order valence-electron chi connectivity index (χ2n) is 16.1. The molecule has 64 heavy (non-hydrogen) atoms. The van der Waals surface area contributed by atoms with Gasteiger partial charge < -0.3 is 23.7 Å². The maximum absolute atomic E-state index is 7.00. The number of nitrogens with zero attached hydrogens (tertiary/aromatic N) is 2. The van der Waals surface area contributed by atoms with Crippen LogP contribution in [0.15, 0.2) is 229 Å². The van der Waals surface area contributed by atoms with Gasteiger partial charge in [-0.1, -0.05) is 127 Å². The normalized spacial score (nSPS) is 11.6. The first-order valence-electron chi connectivity index (χ1n) is 21.6. The van der Waals surface area contributed by atoms with Crippen LogP contribution >= 0.6 is 0 Å². The van der Waals surface area contributed by atoms with Crippen LogP contribution in [0.2, 0.25) is 0 Å². The Kier molecular flexibility index (Phi) is 8.97. The molecule has 0 radical (unpaired) electrons. The number of hydrogen-bond acceptors (Lipinski definition) is 5. The highest BCUT2D eigenvalue weighted by Gasteiger charge is 2.25. The smallest absolute Gasteiger partial charge is 0.159 e. The Labute approximate surface area is 371 Å². The molecule has 0 amide bonds. The molecule has 0 spiro atoms. The minimum absolute atomic E-state index is 0.752. The molecule has 0 saturated carbocycles. The molecule has 2 heterocycles. The Balaban J connectivity index is 0.936. The number of benzene rings is 10. The molecule has 0 aliphatic carbocycles. The Bertz CT molecular complexity index is 3470. The van der Waals surface area contributed by atoms with Crippen molar-refractivity contribution >= 4 is 66.8 Å². The molecule has 0 atom stereocenters. The van der Waals surface area contributed by atoms with Crippen LogP contribution in [0, 0.1) is 6.92 Å². The van der Waals surface area contributed by atoms with Crippen LogP contribution in [-0.2, 0) is 0 Å². The summed E-state index contributed by atoms with van der Waals surface area (Å²) in [6.45, 7) is 2.09. The maximum Gasteiger partial charge on any atom is 0.159 e. The molecule has 1 aliphatic rings. The summed E-state index contributed by atoms with van der Waals surface area (Å²) in [7, 11) is 0. The standard InChI is InChI=1S/C59H40N2O3/c1-39-27-30-46(61(44-31-28-41(29-32-44)40-15-5-2-6-16-40)52-24-13-22-50-47-21-11-12-25-53(47)64-59(50)52)37-56(39)62-54-36-35-49-48-34-33-45(38-57(48)63-55-26-14-23-51(54)58(49)55)60(42-17-7-3-8-18-42)43-19-9-4-10-20-43/h2-38H,1H3. The quantitative estimate of drug-likeness (QED) is 0.145. The SMILES string of the molecule is Cc1ccc(N(c2ccc(-c3ccccc3)cc2)c2cccc3c2oc2ccccc23)cc1Oc1ccc2c3c(cccc13)Oc1cc(N(c3ccccc3)c3ccccc3)ccc1-2. The van der Waals surface area contributed by atoms with Crippen molar-refractivity contribution in [2.45, 2.75) is 6.92 Å². The van der Waals surface area contributed by atoms with E-state index in [-0.39, 0.29) is 0 Å². The summed E-state index contributed by atoms with van der Waals surface area (Å²) in [5.41, 5.74) is 13.2. The molecule has 0 unspecified atom stereocenters. The van der Waals surface area contributed by atoms with Gasteiger partial charge in [0, 0.05) is 67.7 Å². The van der Waals surface area contributed by atoms with Gasteiger partial charge >= 0.3 is 0 Å². The summed E-state index contributed by atoms with van der Waals surface area (Å²) in [6.07, 6.45) is 0. The Morgan fingerprint density at radius 1 is 0.391 bits per heavy atom. The zero-order valence-corrected chi connectivity index (χ0v) is 35.0. The topological polar surface area (TPSA) is 38.1 Å². The molecular formula is C59H40N2O3. The number of aryl methyl sites for hydroxylation is 1. The van der Waals surface area contributed by atoms with Gasteiger partial charge in [0.15, 0.2) is 5.58 Å². The van der Waals surface area contributed by atoms with Gasteiger partial charge in [0.1, 0.15) is 28.6 Å². The van der Waals surface area contributed by atoms with Crippen LogP contribution in [-0.4, -0.2) is 0 Å². The molecule has 5 nitrogen and oxygen atoms in total. The summed E-state index contributed by atoms with van der Waals surface area (Å²) in [4.78, 5) is 4.52. The van der Waals surface area contributed by atoms with Crippen LogP contribution in [0.3, 0.4) is 0 Å². The van der Waals surface area contributed by atoms with Crippen molar-refractivity contribution in [2.75, 3.05) is 9.80 Å². The van der Waals surface area contributed by atoms with E-state index in [4.69, 9.17) is 13.9 Å². The zero-order chi connectivity index (χ0) is 42.6. The number of ether oxygens (including phenoxy) is 2. The monoisotopic (exact) mass is 824 g/mol. The van der Waals surface area contributed by atoms with Gasteiger partial charge in [0.05, 0.1) is 5.69 Å². The van der Waals surface area contributed by atoms with Gasteiger partial charge in [0.2, 0.25) is 0 Å². The third-order valence-electron chi connectivity index (χ3n) is 12.2. The molecule has 0 fully saturated rings. The second-order valence-corrected chi connectivity index (χ2v) is 16.1. The Morgan fingerprint density at radius 2 is 0.984 bits per heavy atom. The maximum atomic E-state index is 7.00. The largest absolute Gasteiger partial charge is 0.456 e. The molecule has 0 saturated heterocycles. The lowest BCUT2D eigenvalue weighted by Gasteiger charge is -2.28. The summed E-state index contributed by atoms with van der Waals surface area (Å²) in [5.74, 6) is 3.11. The molecule has 0 bridgehead atoms. The predicted molar refractivity (Wildman–Crippen MR) is 263 cm³/mol. The van der Waals surface area contributed by atoms with Gasteiger partial charge in [0.25, 0.3) is 0 Å². The van der Waals surface area contributed by atoms with E-state index in [0.29, 0.717) is 0 Å². The fourth-order valence-corrected chi connectivity index (χ4v) is 9.15. The first-order chi connectivity index (χ1) is 31.6. The average molecular weight is 825 g/mol. The fourth-order valence-electron chi connectivity index (χ4n) is 9.15. The molecule has 12 rings (SSSR count). The summed E-state index contributed by atoms with van der Waals surface area (Å²) < 4.78 is 20.4. The Hall–Kier alpha value is -8.54. The minimum atomic E-state index is 0.752. The molecule has 1 aliphatic heterocycles. The van der Waals surface area contributed by atoms with Gasteiger partial charge in [-0.25, -0.2) is 0 Å². The number of para-hydroxylation sites is 4. The van der Waals surface area contributed by atoms with Gasteiger partial charge in [-0.3, -0.25) is 0 Å². The molecule has 10 aromatic carbocycles. The van der Waals surface area contributed by atoms with Crippen molar-refractivity contribution in [3.8, 4) is 45.3 Å². The van der Waals surface area contributed by atoms with E-state index in [9.17, 15) is 0 Å². The second kappa shape index (κ2) is 15.4. The molecular weight excluding hydrogens is 785 g/mol. The zero-order valence-electron chi connectivity index (χ0n) is 35.0. The van der Waals surface area contributed by atoms with Crippen molar-refractivity contribution in [2.24, 2.45) is 0 Å².